The summed E-state index contributed by atoms with van der Waals surface area (Å²) >= 11 is 0. The molecule has 0 aliphatic heterocycles. The first-order chi connectivity index (χ1) is 9.66. The SMILES string of the molecule is CC#CC(=O)NCCS(=O)(=O)c1ccc(C(C)(C)C)cc1. The van der Waals surface area contributed by atoms with Gasteiger partial charge in [-0.2, -0.15) is 0 Å². The highest BCUT2D eigenvalue weighted by atomic mass is 32.2. The second-order valence-corrected chi connectivity index (χ2v) is 7.83. The Hall–Kier alpha value is -1.80. The summed E-state index contributed by atoms with van der Waals surface area (Å²) in [4.78, 5) is 11.4. The summed E-state index contributed by atoms with van der Waals surface area (Å²) in [5, 5.41) is 2.45. The van der Waals surface area contributed by atoms with Crippen molar-refractivity contribution >= 4 is 15.7 Å². The van der Waals surface area contributed by atoms with E-state index in [2.05, 4.69) is 37.9 Å². The first-order valence-corrected chi connectivity index (χ1v) is 8.36. The molecule has 1 aromatic rings. The number of hydrogen-bond acceptors (Lipinski definition) is 3. The third-order valence-corrected chi connectivity index (χ3v) is 4.71. The van der Waals surface area contributed by atoms with Gasteiger partial charge in [0.05, 0.1) is 10.6 Å². The van der Waals surface area contributed by atoms with Gasteiger partial charge < -0.3 is 5.32 Å². The Morgan fingerprint density at radius 3 is 2.24 bits per heavy atom. The zero-order chi connectivity index (χ0) is 16.1. The molecule has 5 heteroatoms. The molecule has 0 saturated heterocycles. The Balaban J connectivity index is 2.74. The van der Waals surface area contributed by atoms with Gasteiger partial charge in [-0.3, -0.25) is 4.79 Å². The van der Waals surface area contributed by atoms with Crippen LogP contribution in [-0.2, 0) is 20.0 Å². The predicted octanol–water partition coefficient (Wildman–Crippen LogP) is 1.90. The van der Waals surface area contributed by atoms with Gasteiger partial charge in [0.2, 0.25) is 0 Å². The lowest BCUT2D eigenvalue weighted by Crippen LogP contribution is -2.28. The van der Waals surface area contributed by atoms with E-state index in [9.17, 15) is 13.2 Å². The van der Waals surface area contributed by atoms with Gasteiger partial charge in [-0.1, -0.05) is 38.8 Å². The predicted molar refractivity (Wildman–Crippen MR) is 83.7 cm³/mol. The van der Waals surface area contributed by atoms with Crippen molar-refractivity contribution in [1.29, 1.82) is 0 Å². The van der Waals surface area contributed by atoms with Crippen molar-refractivity contribution < 1.29 is 13.2 Å². The van der Waals surface area contributed by atoms with Gasteiger partial charge in [0.1, 0.15) is 0 Å². The van der Waals surface area contributed by atoms with E-state index in [1.165, 1.54) is 0 Å². The van der Waals surface area contributed by atoms with Crippen molar-refractivity contribution in [1.82, 2.24) is 5.32 Å². The van der Waals surface area contributed by atoms with Gasteiger partial charge in [-0.15, -0.1) is 0 Å². The third kappa shape index (κ3) is 5.24. The Morgan fingerprint density at radius 2 is 1.76 bits per heavy atom. The minimum Gasteiger partial charge on any atom is -0.344 e. The summed E-state index contributed by atoms with van der Waals surface area (Å²) < 4.78 is 24.3. The number of benzene rings is 1. The van der Waals surface area contributed by atoms with Crippen LogP contribution in [0.3, 0.4) is 0 Å². The van der Waals surface area contributed by atoms with Gasteiger partial charge in [0.25, 0.3) is 5.91 Å². The maximum Gasteiger partial charge on any atom is 0.295 e. The monoisotopic (exact) mass is 307 g/mol. The molecular formula is C16H21NO3S. The highest BCUT2D eigenvalue weighted by molar-refractivity contribution is 7.91. The first kappa shape index (κ1) is 17.3. The van der Waals surface area contributed by atoms with Crippen LogP contribution < -0.4 is 5.32 Å². The molecule has 0 saturated carbocycles. The molecule has 0 spiro atoms. The van der Waals surface area contributed by atoms with Crippen LogP contribution in [0.1, 0.15) is 33.3 Å². The third-order valence-electron chi connectivity index (χ3n) is 2.97. The zero-order valence-corrected chi connectivity index (χ0v) is 13.7. The van der Waals surface area contributed by atoms with Gasteiger partial charge in [-0.25, -0.2) is 8.42 Å². The van der Waals surface area contributed by atoms with Crippen molar-refractivity contribution in [2.24, 2.45) is 0 Å². The summed E-state index contributed by atoms with van der Waals surface area (Å²) in [6.45, 7) is 7.81. The highest BCUT2D eigenvalue weighted by Crippen LogP contribution is 2.23. The molecule has 0 unspecified atom stereocenters. The molecule has 1 N–H and O–H groups in total. The second-order valence-electron chi connectivity index (χ2n) is 5.72. The number of rotatable bonds is 4. The fraction of sp³-hybridized carbons (Fsp3) is 0.438. The minimum atomic E-state index is -3.40. The standard InChI is InChI=1S/C16H21NO3S/c1-5-6-15(18)17-11-12-21(19,20)14-9-7-13(8-10-14)16(2,3)4/h7-10H,11-12H2,1-4H3,(H,17,18). The van der Waals surface area contributed by atoms with E-state index in [4.69, 9.17) is 0 Å². The topological polar surface area (TPSA) is 63.2 Å². The average Bonchev–Trinajstić information content (AvgIpc) is 2.38. The molecule has 0 aliphatic rings. The van der Waals surface area contributed by atoms with Crippen LogP contribution in [0.2, 0.25) is 0 Å². The summed E-state index contributed by atoms with van der Waals surface area (Å²) in [6.07, 6.45) is 0. The van der Waals surface area contributed by atoms with Gasteiger partial charge in [0, 0.05) is 6.54 Å². The fourth-order valence-electron chi connectivity index (χ4n) is 1.74. The number of nitrogens with one attached hydrogen (secondary N) is 1. The van der Waals surface area contributed by atoms with Crippen molar-refractivity contribution in [2.45, 2.75) is 38.0 Å². The molecule has 0 atom stereocenters. The van der Waals surface area contributed by atoms with E-state index in [0.29, 0.717) is 0 Å². The smallest absolute Gasteiger partial charge is 0.295 e. The Bertz CT molecular complexity index is 656. The van der Waals surface area contributed by atoms with Crippen LogP contribution in [0.25, 0.3) is 0 Å². The summed E-state index contributed by atoms with van der Waals surface area (Å²) in [5.41, 5.74) is 1.06. The van der Waals surface area contributed by atoms with Crippen LogP contribution in [-0.4, -0.2) is 26.6 Å². The molecule has 4 nitrogen and oxygen atoms in total. The number of carbonyl (C=O) groups excluding carboxylic acids is 1. The van der Waals surface area contributed by atoms with Crippen LogP contribution in [0.5, 0.6) is 0 Å². The van der Waals surface area contributed by atoms with Crippen molar-refractivity contribution in [3.8, 4) is 11.8 Å². The van der Waals surface area contributed by atoms with Gasteiger partial charge in [-0.05, 0) is 36.0 Å². The molecule has 0 bridgehead atoms. The molecule has 1 rings (SSSR count). The van der Waals surface area contributed by atoms with E-state index in [1.54, 1.807) is 19.1 Å². The number of sulfone groups is 1. The van der Waals surface area contributed by atoms with Crippen molar-refractivity contribution in [3.63, 3.8) is 0 Å². The molecule has 114 valence electrons. The second kappa shape index (κ2) is 6.77. The first-order valence-electron chi connectivity index (χ1n) is 6.71. The average molecular weight is 307 g/mol. The Morgan fingerprint density at radius 1 is 1.19 bits per heavy atom. The highest BCUT2D eigenvalue weighted by Gasteiger charge is 2.17. The van der Waals surface area contributed by atoms with Gasteiger partial charge >= 0.3 is 0 Å². The number of hydrogen-bond donors (Lipinski definition) is 1. The maximum absolute atomic E-state index is 12.1. The maximum atomic E-state index is 12.1. The molecule has 0 fully saturated rings. The number of amides is 1. The van der Waals surface area contributed by atoms with E-state index in [-0.39, 0.29) is 22.6 Å². The molecular weight excluding hydrogens is 286 g/mol. The summed E-state index contributed by atoms with van der Waals surface area (Å²) in [6, 6.07) is 6.88. The van der Waals surface area contributed by atoms with Crippen LogP contribution in [0.4, 0.5) is 0 Å². The van der Waals surface area contributed by atoms with E-state index in [0.717, 1.165) is 5.56 Å². The molecule has 0 heterocycles. The molecule has 1 amide bonds. The van der Waals surface area contributed by atoms with Crippen LogP contribution in [0.15, 0.2) is 29.2 Å². The Kier molecular flexibility index (Phi) is 5.56. The molecule has 1 aromatic carbocycles. The van der Waals surface area contributed by atoms with Crippen molar-refractivity contribution in [3.05, 3.63) is 29.8 Å². The van der Waals surface area contributed by atoms with E-state index < -0.39 is 15.7 Å². The van der Waals surface area contributed by atoms with E-state index >= 15 is 0 Å². The quantitative estimate of drug-likeness (QED) is 0.864. The normalized spacial score (nSPS) is 11.4. The lowest BCUT2D eigenvalue weighted by atomic mass is 9.87. The number of carbonyl (C=O) groups is 1. The van der Waals surface area contributed by atoms with Crippen LogP contribution in [0, 0.1) is 11.8 Å². The van der Waals surface area contributed by atoms with Gasteiger partial charge in [0.15, 0.2) is 9.84 Å². The molecule has 0 radical (unpaired) electrons. The molecule has 21 heavy (non-hydrogen) atoms. The molecule has 0 aromatic heterocycles. The largest absolute Gasteiger partial charge is 0.344 e. The minimum absolute atomic E-state index is 0.0188. The lowest BCUT2D eigenvalue weighted by molar-refractivity contribution is -0.115. The van der Waals surface area contributed by atoms with E-state index in [1.807, 2.05) is 12.1 Å². The fourth-order valence-corrected chi connectivity index (χ4v) is 2.89. The van der Waals surface area contributed by atoms with Crippen LogP contribution >= 0.6 is 0 Å². The zero-order valence-electron chi connectivity index (χ0n) is 12.9. The lowest BCUT2D eigenvalue weighted by Gasteiger charge is -2.19. The summed E-state index contributed by atoms with van der Waals surface area (Å²) in [7, 11) is -3.40. The van der Waals surface area contributed by atoms with Crippen molar-refractivity contribution in [2.75, 3.05) is 12.3 Å². The Labute approximate surface area is 126 Å². The molecule has 0 aliphatic carbocycles. The summed E-state index contributed by atoms with van der Waals surface area (Å²) in [5.74, 6) is 4.15.